The second-order valence-corrected chi connectivity index (χ2v) is 17.9. The first-order valence-corrected chi connectivity index (χ1v) is 16.6. The molecule has 1 aromatic rings. The summed E-state index contributed by atoms with van der Waals surface area (Å²) in [6, 6.07) is 8.88. The molecule has 0 radical (unpaired) electrons. The minimum Gasteiger partial charge on any atom is -0.453 e. The maximum atomic E-state index is 14.4. The SMILES string of the molecule is C=C[C@]12CN(C(=O)OC)[C@@H]3[C@H](Br)[C@H]1C=C[C@]1(C(=O)N(COCC[Si](C)(C)C)c4ccccc41)[C@@H]32. The van der Waals surface area contributed by atoms with Crippen LogP contribution in [0.25, 0.3) is 0 Å². The van der Waals surface area contributed by atoms with Gasteiger partial charge in [-0.3, -0.25) is 9.69 Å². The summed E-state index contributed by atoms with van der Waals surface area (Å²) in [5, 5.41) is 0. The van der Waals surface area contributed by atoms with Crippen molar-refractivity contribution < 1.29 is 19.1 Å². The molecule has 0 N–H and O–H groups in total. The Balaban J connectivity index is 1.56. The summed E-state index contributed by atoms with van der Waals surface area (Å²) in [5.74, 6) is 0.0380. The van der Waals surface area contributed by atoms with Crippen LogP contribution in [0.5, 0.6) is 0 Å². The lowest BCUT2D eigenvalue weighted by Gasteiger charge is -2.44. The number of allylic oxidation sites excluding steroid dienone is 1. The zero-order chi connectivity index (χ0) is 24.5. The predicted molar refractivity (Wildman–Crippen MR) is 139 cm³/mol. The van der Waals surface area contributed by atoms with E-state index in [1.54, 1.807) is 9.80 Å². The number of benzene rings is 1. The first-order chi connectivity index (χ1) is 16.1. The highest BCUT2D eigenvalue weighted by Gasteiger charge is 2.75. The first-order valence-electron chi connectivity index (χ1n) is 11.9. The van der Waals surface area contributed by atoms with E-state index in [0.29, 0.717) is 13.2 Å². The van der Waals surface area contributed by atoms with E-state index in [2.05, 4.69) is 60.4 Å². The van der Waals surface area contributed by atoms with Gasteiger partial charge < -0.3 is 14.4 Å². The number of methoxy groups -OCH3 is 1. The number of amides is 2. The minimum absolute atomic E-state index is 0.0148. The fraction of sp³-hybridized carbons (Fsp3) is 0.538. The molecule has 6 nitrogen and oxygen atoms in total. The van der Waals surface area contributed by atoms with Gasteiger partial charge in [0.1, 0.15) is 12.1 Å². The molecule has 5 rings (SSSR count). The van der Waals surface area contributed by atoms with Crippen molar-refractivity contribution in [3.8, 4) is 0 Å². The summed E-state index contributed by atoms with van der Waals surface area (Å²) in [6.07, 6.45) is 5.90. The number of alkyl halides is 1. The predicted octanol–water partition coefficient (Wildman–Crippen LogP) is 4.79. The van der Waals surface area contributed by atoms with Gasteiger partial charge in [-0.05, 0) is 17.7 Å². The summed E-state index contributed by atoms with van der Waals surface area (Å²) in [5.41, 5.74) is 0.585. The monoisotopic (exact) mass is 544 g/mol. The molecule has 2 aliphatic carbocycles. The van der Waals surface area contributed by atoms with Crippen molar-refractivity contribution in [2.45, 2.75) is 42.0 Å². The minimum atomic E-state index is -1.23. The van der Waals surface area contributed by atoms with Crippen LogP contribution in [0.15, 0.2) is 49.1 Å². The lowest BCUT2D eigenvalue weighted by atomic mass is 9.56. The Bertz CT molecular complexity index is 1070. The van der Waals surface area contributed by atoms with Gasteiger partial charge in [0, 0.05) is 43.3 Å². The van der Waals surface area contributed by atoms with Crippen molar-refractivity contribution >= 4 is 41.7 Å². The molecule has 1 aromatic carbocycles. The van der Waals surface area contributed by atoms with Crippen LogP contribution in [0.3, 0.4) is 0 Å². The molecule has 34 heavy (non-hydrogen) atoms. The van der Waals surface area contributed by atoms with Crippen molar-refractivity contribution in [3.63, 3.8) is 0 Å². The van der Waals surface area contributed by atoms with Crippen LogP contribution >= 0.6 is 15.9 Å². The van der Waals surface area contributed by atoms with Gasteiger partial charge in [0.05, 0.1) is 18.8 Å². The summed E-state index contributed by atoms with van der Waals surface area (Å²) >= 11 is 3.90. The topological polar surface area (TPSA) is 59.1 Å². The number of ether oxygens (including phenoxy) is 2. The molecule has 6 atom stereocenters. The van der Waals surface area contributed by atoms with Crippen LogP contribution in [0.4, 0.5) is 10.5 Å². The number of anilines is 1. The van der Waals surface area contributed by atoms with Crippen molar-refractivity contribution in [2.24, 2.45) is 17.3 Å². The molecule has 182 valence electrons. The molecule has 4 bridgehead atoms. The third kappa shape index (κ3) is 3.07. The second kappa shape index (κ2) is 8.07. The third-order valence-corrected chi connectivity index (χ3v) is 11.1. The molecule has 2 amide bonds. The Morgan fingerprint density at radius 3 is 2.74 bits per heavy atom. The number of nitrogens with zero attached hydrogens (tertiary/aromatic N) is 2. The number of rotatable bonds is 6. The molecule has 1 saturated heterocycles. The Labute approximate surface area is 211 Å². The van der Waals surface area contributed by atoms with Gasteiger partial charge in [0.2, 0.25) is 5.91 Å². The molecule has 0 unspecified atom stereocenters. The van der Waals surface area contributed by atoms with Crippen molar-refractivity contribution in [1.82, 2.24) is 4.90 Å². The Morgan fingerprint density at radius 1 is 1.32 bits per heavy atom. The van der Waals surface area contributed by atoms with E-state index in [-0.39, 0.29) is 41.4 Å². The number of hydrogen-bond donors (Lipinski definition) is 0. The fourth-order valence-electron chi connectivity index (χ4n) is 6.77. The van der Waals surface area contributed by atoms with Gasteiger partial charge in [0.25, 0.3) is 0 Å². The fourth-order valence-corrected chi connectivity index (χ4v) is 8.79. The van der Waals surface area contributed by atoms with E-state index < -0.39 is 18.9 Å². The van der Waals surface area contributed by atoms with E-state index in [9.17, 15) is 9.59 Å². The first kappa shape index (κ1) is 23.8. The number of likely N-dealkylation sites (tertiary alicyclic amines) is 1. The average Bonchev–Trinajstić information content (AvgIpc) is 3.33. The number of carbonyl (C=O) groups is 2. The third-order valence-electron chi connectivity index (χ3n) is 8.32. The van der Waals surface area contributed by atoms with Crippen LogP contribution in [0.1, 0.15) is 5.56 Å². The normalized spacial score (nSPS) is 35.3. The number of halogens is 1. The van der Waals surface area contributed by atoms with Gasteiger partial charge in [-0.1, -0.05) is 72.0 Å². The number of piperidine rings is 1. The number of para-hydroxylation sites is 1. The molecule has 0 aromatic heterocycles. The lowest BCUT2D eigenvalue weighted by Crippen LogP contribution is -2.52. The van der Waals surface area contributed by atoms with Gasteiger partial charge in [-0.15, -0.1) is 6.58 Å². The second-order valence-electron chi connectivity index (χ2n) is 11.2. The van der Waals surface area contributed by atoms with Crippen molar-refractivity contribution in [2.75, 3.05) is 31.9 Å². The molecular formula is C26H33BrN2O4Si. The maximum absolute atomic E-state index is 14.4. The highest BCUT2D eigenvalue weighted by molar-refractivity contribution is 9.09. The van der Waals surface area contributed by atoms with E-state index in [1.807, 2.05) is 24.3 Å². The van der Waals surface area contributed by atoms with Crippen LogP contribution in [-0.2, 0) is 19.7 Å². The lowest BCUT2D eigenvalue weighted by molar-refractivity contribution is -0.125. The van der Waals surface area contributed by atoms with Crippen LogP contribution < -0.4 is 4.90 Å². The zero-order valence-corrected chi connectivity index (χ0v) is 22.9. The molecule has 4 aliphatic rings. The van der Waals surface area contributed by atoms with Gasteiger partial charge in [0.15, 0.2) is 0 Å². The standard InChI is InChI=1S/C26H33BrN2O4Si/c1-6-25-15-28(24(31)32-2)21-20(27)18(25)11-12-26(22(21)25)17-9-7-8-10-19(17)29(23(26)30)16-33-13-14-34(3,4)5/h6-12,18,20-22H,1,13-16H2,2-5H3/t18-,20-,21-,22+,25+,26-/m1/s1. The van der Waals surface area contributed by atoms with E-state index in [1.165, 1.54) is 7.11 Å². The Kier molecular flexibility index (Phi) is 5.65. The smallest absolute Gasteiger partial charge is 0.409 e. The van der Waals surface area contributed by atoms with Gasteiger partial charge in [-0.25, -0.2) is 4.79 Å². The van der Waals surface area contributed by atoms with Crippen molar-refractivity contribution in [1.29, 1.82) is 0 Å². The number of fused-ring (bicyclic) bond motifs is 2. The Hall–Kier alpha value is -1.90. The summed E-state index contributed by atoms with van der Waals surface area (Å²) < 4.78 is 11.2. The van der Waals surface area contributed by atoms with Gasteiger partial charge in [-0.2, -0.15) is 0 Å². The van der Waals surface area contributed by atoms with Crippen LogP contribution in [-0.4, -0.2) is 62.8 Å². The highest BCUT2D eigenvalue weighted by atomic mass is 79.9. The zero-order valence-electron chi connectivity index (χ0n) is 20.3. The molecule has 1 saturated carbocycles. The van der Waals surface area contributed by atoms with E-state index in [4.69, 9.17) is 9.47 Å². The Morgan fingerprint density at radius 2 is 2.06 bits per heavy atom. The highest BCUT2D eigenvalue weighted by Crippen LogP contribution is 2.69. The molecule has 2 fully saturated rings. The molecule has 8 heteroatoms. The molecule has 1 spiro atoms. The largest absolute Gasteiger partial charge is 0.453 e. The maximum Gasteiger partial charge on any atom is 0.409 e. The molecule has 2 aliphatic heterocycles. The number of carbonyl (C=O) groups excluding carboxylic acids is 2. The van der Waals surface area contributed by atoms with Crippen molar-refractivity contribution in [3.05, 3.63) is 54.6 Å². The average molecular weight is 546 g/mol. The number of hydrogen-bond acceptors (Lipinski definition) is 4. The van der Waals surface area contributed by atoms with Crippen LogP contribution in [0.2, 0.25) is 25.7 Å². The van der Waals surface area contributed by atoms with Crippen LogP contribution in [0, 0.1) is 17.3 Å². The summed E-state index contributed by atoms with van der Waals surface area (Å²) in [4.78, 5) is 30.7. The molecular weight excluding hydrogens is 512 g/mol. The van der Waals surface area contributed by atoms with E-state index in [0.717, 1.165) is 17.3 Å². The molecule has 2 heterocycles. The van der Waals surface area contributed by atoms with E-state index >= 15 is 0 Å². The quantitative estimate of drug-likeness (QED) is 0.223. The van der Waals surface area contributed by atoms with Gasteiger partial charge >= 0.3 is 6.09 Å². The summed E-state index contributed by atoms with van der Waals surface area (Å²) in [6.45, 7) is 12.5. The summed E-state index contributed by atoms with van der Waals surface area (Å²) in [7, 11) is 0.178.